The predicted octanol–water partition coefficient (Wildman–Crippen LogP) is 1.72. The molecule has 1 aromatic rings. The molecule has 0 saturated heterocycles. The van der Waals surface area contributed by atoms with Gasteiger partial charge in [0, 0.05) is 11.6 Å². The number of hydrogen-bond donors (Lipinski definition) is 2. The number of nitrogens with two attached hydrogens (primary N) is 1. The Morgan fingerprint density at radius 2 is 2.38 bits per heavy atom. The van der Waals surface area contributed by atoms with Gasteiger partial charge in [-0.25, -0.2) is 4.79 Å². The number of anilines is 1. The number of nitriles is 1. The van der Waals surface area contributed by atoms with Gasteiger partial charge in [0.05, 0.1) is 11.3 Å². The first-order valence-corrected chi connectivity index (χ1v) is 4.87. The Balaban J connectivity index is 2.56. The van der Waals surface area contributed by atoms with Crippen LogP contribution in [-0.4, -0.2) is 19.2 Å². The van der Waals surface area contributed by atoms with Gasteiger partial charge in [-0.3, -0.25) is 0 Å². The number of amides is 1. The predicted molar refractivity (Wildman–Crippen MR) is 60.2 cm³/mol. The Morgan fingerprint density at radius 3 is 3.00 bits per heavy atom. The lowest BCUT2D eigenvalue weighted by Crippen LogP contribution is -2.18. The van der Waals surface area contributed by atoms with Gasteiger partial charge in [0.25, 0.3) is 0 Å². The van der Waals surface area contributed by atoms with Gasteiger partial charge in [-0.2, -0.15) is 5.26 Å². The molecule has 0 atom stereocenters. The van der Waals surface area contributed by atoms with Crippen LogP contribution in [0.5, 0.6) is 0 Å². The molecular formula is C10H10ClN3O2. The monoisotopic (exact) mass is 239 g/mol. The maximum atomic E-state index is 10.3. The molecule has 6 heteroatoms. The molecule has 0 unspecified atom stereocenters. The van der Waals surface area contributed by atoms with Crippen LogP contribution in [0.25, 0.3) is 0 Å². The maximum absolute atomic E-state index is 10.3. The molecular weight excluding hydrogens is 230 g/mol. The van der Waals surface area contributed by atoms with Crippen molar-refractivity contribution in [2.24, 2.45) is 5.73 Å². The van der Waals surface area contributed by atoms with Crippen molar-refractivity contribution < 1.29 is 9.53 Å². The first kappa shape index (κ1) is 12.1. The molecule has 0 radical (unpaired) electrons. The summed E-state index contributed by atoms with van der Waals surface area (Å²) in [6.45, 7) is 0.491. The zero-order valence-electron chi connectivity index (χ0n) is 8.37. The molecule has 1 amide bonds. The molecule has 0 spiro atoms. The van der Waals surface area contributed by atoms with Crippen molar-refractivity contribution in [1.82, 2.24) is 0 Å². The molecule has 0 fully saturated rings. The van der Waals surface area contributed by atoms with Crippen molar-refractivity contribution in [3.63, 3.8) is 0 Å². The fourth-order valence-electron chi connectivity index (χ4n) is 1.10. The minimum absolute atomic E-state index is 0.132. The van der Waals surface area contributed by atoms with Crippen molar-refractivity contribution in [2.75, 3.05) is 18.5 Å². The molecule has 0 saturated carbocycles. The van der Waals surface area contributed by atoms with Crippen LogP contribution < -0.4 is 11.1 Å². The second kappa shape index (κ2) is 5.83. The zero-order chi connectivity index (χ0) is 12.0. The first-order valence-electron chi connectivity index (χ1n) is 4.49. The summed E-state index contributed by atoms with van der Waals surface area (Å²) in [5.74, 6) is 0. The molecule has 0 aromatic heterocycles. The number of benzene rings is 1. The van der Waals surface area contributed by atoms with E-state index < -0.39 is 6.09 Å². The summed E-state index contributed by atoms with van der Waals surface area (Å²) in [6, 6.07) is 6.89. The van der Waals surface area contributed by atoms with Gasteiger partial charge in [0.15, 0.2) is 0 Å². The Hall–Kier alpha value is -1.93. The third-order valence-corrected chi connectivity index (χ3v) is 2.00. The van der Waals surface area contributed by atoms with Gasteiger partial charge in [0.2, 0.25) is 0 Å². The van der Waals surface area contributed by atoms with E-state index in [1.165, 1.54) is 0 Å². The summed E-state index contributed by atoms with van der Waals surface area (Å²) < 4.78 is 4.53. The van der Waals surface area contributed by atoms with E-state index in [9.17, 15) is 4.79 Å². The third-order valence-electron chi connectivity index (χ3n) is 1.76. The average molecular weight is 240 g/mol. The highest BCUT2D eigenvalue weighted by molar-refractivity contribution is 6.30. The largest absolute Gasteiger partial charge is 0.448 e. The Labute approximate surface area is 97.8 Å². The second-order valence-electron chi connectivity index (χ2n) is 2.90. The lowest BCUT2D eigenvalue weighted by molar-refractivity contribution is 0.161. The highest BCUT2D eigenvalue weighted by atomic mass is 35.5. The molecule has 84 valence electrons. The minimum atomic E-state index is -0.826. The van der Waals surface area contributed by atoms with Crippen molar-refractivity contribution in [3.8, 4) is 6.07 Å². The van der Waals surface area contributed by atoms with Crippen LogP contribution in [0.2, 0.25) is 5.02 Å². The van der Waals surface area contributed by atoms with Gasteiger partial charge in [-0.15, -0.1) is 0 Å². The van der Waals surface area contributed by atoms with E-state index in [4.69, 9.17) is 22.6 Å². The molecule has 0 aliphatic heterocycles. The number of ether oxygens (including phenoxy) is 1. The number of nitrogens with one attached hydrogen (secondary N) is 1. The molecule has 3 N–H and O–H groups in total. The van der Waals surface area contributed by atoms with Crippen LogP contribution in [0, 0.1) is 11.3 Å². The highest BCUT2D eigenvalue weighted by Crippen LogP contribution is 2.19. The number of halogens is 1. The van der Waals surface area contributed by atoms with E-state index in [0.717, 1.165) is 0 Å². The van der Waals surface area contributed by atoms with Crippen molar-refractivity contribution >= 4 is 23.4 Å². The summed E-state index contributed by atoms with van der Waals surface area (Å²) in [6.07, 6.45) is -0.826. The molecule has 5 nitrogen and oxygen atoms in total. The summed E-state index contributed by atoms with van der Waals surface area (Å²) in [5, 5.41) is 12.3. The molecule has 0 heterocycles. The molecule has 0 aliphatic carbocycles. The SMILES string of the molecule is N#Cc1ccc(Cl)cc1NCCOC(N)=O. The lowest BCUT2D eigenvalue weighted by Gasteiger charge is -2.08. The summed E-state index contributed by atoms with van der Waals surface area (Å²) >= 11 is 5.78. The Kier molecular flexibility index (Phi) is 4.42. The highest BCUT2D eigenvalue weighted by Gasteiger charge is 2.02. The molecule has 1 rings (SSSR count). The van der Waals surface area contributed by atoms with Gasteiger partial charge >= 0.3 is 6.09 Å². The quantitative estimate of drug-likeness (QED) is 0.783. The Morgan fingerprint density at radius 1 is 1.62 bits per heavy atom. The third kappa shape index (κ3) is 3.67. The van der Waals surface area contributed by atoms with Crippen LogP contribution in [0.4, 0.5) is 10.5 Å². The van der Waals surface area contributed by atoms with Gasteiger partial charge < -0.3 is 15.8 Å². The summed E-state index contributed by atoms with van der Waals surface area (Å²) in [4.78, 5) is 10.3. The van der Waals surface area contributed by atoms with E-state index in [0.29, 0.717) is 22.8 Å². The van der Waals surface area contributed by atoms with Gasteiger partial charge in [0.1, 0.15) is 12.7 Å². The van der Waals surface area contributed by atoms with Crippen molar-refractivity contribution in [3.05, 3.63) is 28.8 Å². The van der Waals surface area contributed by atoms with Crippen molar-refractivity contribution in [1.29, 1.82) is 5.26 Å². The Bertz CT molecular complexity index is 429. The van der Waals surface area contributed by atoms with E-state index in [2.05, 4.69) is 10.1 Å². The molecule has 16 heavy (non-hydrogen) atoms. The standard InChI is InChI=1S/C10H10ClN3O2/c11-8-2-1-7(6-12)9(5-8)14-3-4-16-10(13)15/h1-2,5,14H,3-4H2,(H2,13,15). The van der Waals surface area contributed by atoms with E-state index in [-0.39, 0.29) is 6.61 Å². The van der Waals surface area contributed by atoms with Crippen LogP contribution in [-0.2, 0) is 4.74 Å². The fraction of sp³-hybridized carbons (Fsp3) is 0.200. The molecule has 1 aromatic carbocycles. The van der Waals surface area contributed by atoms with E-state index >= 15 is 0 Å². The van der Waals surface area contributed by atoms with Gasteiger partial charge in [-0.1, -0.05) is 11.6 Å². The van der Waals surface area contributed by atoms with Crippen LogP contribution >= 0.6 is 11.6 Å². The van der Waals surface area contributed by atoms with Crippen LogP contribution in [0.1, 0.15) is 5.56 Å². The van der Waals surface area contributed by atoms with E-state index in [1.54, 1.807) is 18.2 Å². The number of hydrogen-bond acceptors (Lipinski definition) is 4. The van der Waals surface area contributed by atoms with Crippen molar-refractivity contribution in [2.45, 2.75) is 0 Å². The van der Waals surface area contributed by atoms with E-state index in [1.807, 2.05) is 6.07 Å². The maximum Gasteiger partial charge on any atom is 0.404 e. The molecule has 0 bridgehead atoms. The smallest absolute Gasteiger partial charge is 0.404 e. The number of primary amides is 1. The summed E-state index contributed by atoms with van der Waals surface area (Å²) in [5.41, 5.74) is 5.87. The number of nitrogens with zero attached hydrogens (tertiary/aromatic N) is 1. The number of carbonyl (C=O) groups is 1. The zero-order valence-corrected chi connectivity index (χ0v) is 9.12. The average Bonchev–Trinajstić information content (AvgIpc) is 2.24. The molecule has 0 aliphatic rings. The number of carbonyl (C=O) groups excluding carboxylic acids is 1. The van der Waals surface area contributed by atoms with Crippen LogP contribution in [0.15, 0.2) is 18.2 Å². The van der Waals surface area contributed by atoms with Crippen LogP contribution in [0.3, 0.4) is 0 Å². The topological polar surface area (TPSA) is 88.1 Å². The lowest BCUT2D eigenvalue weighted by atomic mass is 10.2. The minimum Gasteiger partial charge on any atom is -0.448 e. The fourth-order valence-corrected chi connectivity index (χ4v) is 1.27. The normalized spacial score (nSPS) is 9.25. The summed E-state index contributed by atoms with van der Waals surface area (Å²) in [7, 11) is 0. The first-order chi connectivity index (χ1) is 7.63. The second-order valence-corrected chi connectivity index (χ2v) is 3.33. The van der Waals surface area contributed by atoms with Gasteiger partial charge in [-0.05, 0) is 18.2 Å². The number of rotatable bonds is 4.